The summed E-state index contributed by atoms with van der Waals surface area (Å²) in [5.74, 6) is -0.851. The molecule has 0 aliphatic heterocycles. The Bertz CT molecular complexity index is 512. The Morgan fingerprint density at radius 2 is 2.15 bits per heavy atom. The predicted molar refractivity (Wildman–Crippen MR) is 83.9 cm³/mol. The molecular weight excluding hydrogens is 370 g/mol. The zero-order valence-corrected chi connectivity index (χ0v) is 13.8. The average molecular weight is 383 g/mol. The lowest BCUT2D eigenvalue weighted by Crippen LogP contribution is -2.16. The lowest BCUT2D eigenvalue weighted by atomic mass is 10.3. The van der Waals surface area contributed by atoms with Crippen LogP contribution in [-0.4, -0.2) is 35.1 Å². The smallest absolute Gasteiger partial charge is 0.313 e. The van der Waals surface area contributed by atoms with Crippen LogP contribution in [0.15, 0.2) is 16.6 Å². The van der Waals surface area contributed by atoms with Crippen LogP contribution in [0.25, 0.3) is 0 Å². The lowest BCUT2D eigenvalue weighted by molar-refractivity contribution is -0.133. The van der Waals surface area contributed by atoms with Gasteiger partial charge in [-0.2, -0.15) is 0 Å². The zero-order chi connectivity index (χ0) is 15.1. The first-order chi connectivity index (χ1) is 9.43. The third-order valence-corrected chi connectivity index (χ3v) is 3.75. The zero-order valence-electron chi connectivity index (χ0n) is 10.6. The molecule has 0 bridgehead atoms. The molecule has 0 fully saturated rings. The summed E-state index contributed by atoms with van der Waals surface area (Å²) in [4.78, 5) is 22.1. The normalized spacial score (nSPS) is 10.2. The molecule has 0 heterocycles. The molecule has 8 heteroatoms. The van der Waals surface area contributed by atoms with Crippen LogP contribution in [0.5, 0.6) is 5.75 Å². The van der Waals surface area contributed by atoms with Crippen molar-refractivity contribution < 1.29 is 19.4 Å². The second-order valence-electron chi connectivity index (χ2n) is 3.63. The van der Waals surface area contributed by atoms with Crippen LogP contribution < -0.4 is 10.1 Å². The highest BCUT2D eigenvalue weighted by Crippen LogP contribution is 2.36. The van der Waals surface area contributed by atoms with Gasteiger partial charge >= 0.3 is 5.97 Å². The minimum atomic E-state index is -0.955. The van der Waals surface area contributed by atoms with E-state index in [1.54, 1.807) is 12.1 Å². The highest BCUT2D eigenvalue weighted by Gasteiger charge is 2.13. The Labute approximate surface area is 134 Å². The van der Waals surface area contributed by atoms with Gasteiger partial charge in [0.15, 0.2) is 5.75 Å². The largest absolute Gasteiger partial charge is 0.491 e. The maximum absolute atomic E-state index is 11.7. The van der Waals surface area contributed by atoms with E-state index in [1.807, 2.05) is 6.92 Å². The van der Waals surface area contributed by atoms with Crippen molar-refractivity contribution >= 4 is 56.9 Å². The van der Waals surface area contributed by atoms with Gasteiger partial charge in [0, 0.05) is 5.02 Å². The standard InChI is InChI=1S/C12H13BrClNO4S/c1-2-19-12-8(13)3-7(14)4-9(12)15-10(16)5-20-6-11(17)18/h3-4H,2,5-6H2,1H3,(H,15,16)(H,17,18). The molecule has 0 radical (unpaired) electrons. The van der Waals surface area contributed by atoms with E-state index in [0.717, 1.165) is 11.8 Å². The highest BCUT2D eigenvalue weighted by molar-refractivity contribution is 9.10. The first-order valence-electron chi connectivity index (χ1n) is 5.65. The molecule has 0 aliphatic rings. The molecule has 0 unspecified atom stereocenters. The third-order valence-electron chi connectivity index (χ3n) is 2.03. The molecule has 5 nitrogen and oxygen atoms in total. The Morgan fingerprint density at radius 3 is 2.75 bits per heavy atom. The third kappa shape index (κ3) is 5.60. The Balaban J connectivity index is 2.75. The molecule has 110 valence electrons. The Hall–Kier alpha value is -0.920. The van der Waals surface area contributed by atoms with Crippen molar-refractivity contribution in [3.63, 3.8) is 0 Å². The maximum atomic E-state index is 11.7. The van der Waals surface area contributed by atoms with Crippen molar-refractivity contribution in [3.8, 4) is 5.75 Å². The number of carboxylic acid groups (broad SMARTS) is 1. The van der Waals surface area contributed by atoms with Crippen molar-refractivity contribution in [2.45, 2.75) is 6.92 Å². The van der Waals surface area contributed by atoms with Gasteiger partial charge in [-0.05, 0) is 35.0 Å². The van der Waals surface area contributed by atoms with Crippen molar-refractivity contribution in [1.82, 2.24) is 0 Å². The Kier molecular flexibility index (Phi) is 7.18. The van der Waals surface area contributed by atoms with E-state index in [4.69, 9.17) is 21.4 Å². The van der Waals surface area contributed by atoms with E-state index in [9.17, 15) is 9.59 Å². The number of nitrogens with one attached hydrogen (secondary N) is 1. The van der Waals surface area contributed by atoms with E-state index < -0.39 is 5.97 Å². The van der Waals surface area contributed by atoms with Gasteiger partial charge in [-0.15, -0.1) is 11.8 Å². The van der Waals surface area contributed by atoms with Gasteiger partial charge in [0.2, 0.25) is 5.91 Å². The average Bonchev–Trinajstić information content (AvgIpc) is 2.33. The topological polar surface area (TPSA) is 75.6 Å². The van der Waals surface area contributed by atoms with Gasteiger partial charge in [-0.25, -0.2) is 0 Å². The second kappa shape index (κ2) is 8.39. The number of hydrogen-bond acceptors (Lipinski definition) is 4. The summed E-state index contributed by atoms with van der Waals surface area (Å²) in [5, 5.41) is 11.6. The summed E-state index contributed by atoms with van der Waals surface area (Å²) < 4.78 is 6.08. The molecule has 2 N–H and O–H groups in total. The Morgan fingerprint density at radius 1 is 1.45 bits per heavy atom. The molecule has 0 atom stereocenters. The number of rotatable bonds is 7. The monoisotopic (exact) mass is 381 g/mol. The number of halogens is 2. The number of amides is 1. The van der Waals surface area contributed by atoms with Gasteiger partial charge in [-0.3, -0.25) is 9.59 Å². The van der Waals surface area contributed by atoms with Gasteiger partial charge in [0.25, 0.3) is 0 Å². The van der Waals surface area contributed by atoms with Crippen LogP contribution in [0.1, 0.15) is 6.92 Å². The van der Waals surface area contributed by atoms with E-state index in [-0.39, 0.29) is 17.4 Å². The van der Waals surface area contributed by atoms with Gasteiger partial charge < -0.3 is 15.2 Å². The molecule has 1 aromatic carbocycles. The van der Waals surface area contributed by atoms with E-state index >= 15 is 0 Å². The van der Waals surface area contributed by atoms with Crippen molar-refractivity contribution in [2.75, 3.05) is 23.4 Å². The van der Waals surface area contributed by atoms with Crippen molar-refractivity contribution in [2.24, 2.45) is 0 Å². The molecule has 0 saturated carbocycles. The maximum Gasteiger partial charge on any atom is 0.313 e. The summed E-state index contributed by atoms with van der Waals surface area (Å²) >= 11 is 10.3. The molecule has 20 heavy (non-hydrogen) atoms. The molecular formula is C12H13BrClNO4S. The highest BCUT2D eigenvalue weighted by atomic mass is 79.9. The van der Waals surface area contributed by atoms with E-state index in [0.29, 0.717) is 27.5 Å². The summed E-state index contributed by atoms with van der Waals surface area (Å²) in [5.41, 5.74) is 0.451. The second-order valence-corrected chi connectivity index (χ2v) is 5.91. The number of carbonyl (C=O) groups excluding carboxylic acids is 1. The fourth-order valence-electron chi connectivity index (χ4n) is 1.36. The molecule has 0 saturated heterocycles. The summed E-state index contributed by atoms with van der Waals surface area (Å²) in [6.07, 6.45) is 0. The predicted octanol–water partition coefficient (Wildman–Crippen LogP) is 3.26. The molecule has 0 spiro atoms. The van der Waals surface area contributed by atoms with Crippen LogP contribution in [-0.2, 0) is 9.59 Å². The SMILES string of the molecule is CCOc1c(Br)cc(Cl)cc1NC(=O)CSCC(=O)O. The fraction of sp³-hybridized carbons (Fsp3) is 0.333. The number of thioether (sulfide) groups is 1. The van der Waals surface area contributed by atoms with Crippen molar-refractivity contribution in [3.05, 3.63) is 21.6 Å². The summed E-state index contributed by atoms with van der Waals surface area (Å²) in [7, 11) is 0. The van der Waals surface area contributed by atoms with E-state index in [1.165, 1.54) is 0 Å². The molecule has 1 aromatic rings. The van der Waals surface area contributed by atoms with Crippen LogP contribution in [0.3, 0.4) is 0 Å². The van der Waals surface area contributed by atoms with Gasteiger partial charge in [-0.1, -0.05) is 11.6 Å². The molecule has 0 aliphatic carbocycles. The number of ether oxygens (including phenoxy) is 1. The molecule has 0 aromatic heterocycles. The number of carbonyl (C=O) groups is 2. The first-order valence-corrected chi connectivity index (χ1v) is 7.97. The summed E-state index contributed by atoms with van der Waals surface area (Å²) in [6, 6.07) is 3.25. The molecule has 1 amide bonds. The number of anilines is 1. The molecule has 1 rings (SSSR count). The quantitative estimate of drug-likeness (QED) is 0.757. The minimum absolute atomic E-state index is 0.0436. The van der Waals surface area contributed by atoms with Crippen LogP contribution in [0.2, 0.25) is 5.02 Å². The number of hydrogen-bond donors (Lipinski definition) is 2. The fourth-order valence-corrected chi connectivity index (χ4v) is 2.82. The van der Waals surface area contributed by atoms with Gasteiger partial charge in [0.1, 0.15) is 0 Å². The number of aliphatic carboxylic acids is 1. The van der Waals surface area contributed by atoms with Crippen LogP contribution in [0.4, 0.5) is 5.69 Å². The lowest BCUT2D eigenvalue weighted by Gasteiger charge is -2.13. The number of benzene rings is 1. The minimum Gasteiger partial charge on any atom is -0.491 e. The van der Waals surface area contributed by atoms with E-state index in [2.05, 4.69) is 21.2 Å². The van der Waals surface area contributed by atoms with Gasteiger partial charge in [0.05, 0.1) is 28.3 Å². The van der Waals surface area contributed by atoms with Crippen LogP contribution >= 0.6 is 39.3 Å². The van der Waals surface area contributed by atoms with Crippen LogP contribution in [0, 0.1) is 0 Å². The first kappa shape index (κ1) is 17.1. The van der Waals surface area contributed by atoms with Crippen molar-refractivity contribution in [1.29, 1.82) is 0 Å². The number of carboxylic acids is 1. The summed E-state index contributed by atoms with van der Waals surface area (Å²) in [6.45, 7) is 2.27.